The van der Waals surface area contributed by atoms with Gasteiger partial charge in [0.05, 0.1) is 5.56 Å². The van der Waals surface area contributed by atoms with E-state index < -0.39 is 35.1 Å². The third kappa shape index (κ3) is 4.01. The monoisotopic (exact) mass is 270 g/mol. The van der Waals surface area contributed by atoms with Gasteiger partial charge in [0.25, 0.3) is 5.91 Å². The zero-order valence-corrected chi connectivity index (χ0v) is 10.7. The molecule has 104 valence electrons. The van der Waals surface area contributed by atoms with Crippen LogP contribution in [0.15, 0.2) is 18.2 Å². The van der Waals surface area contributed by atoms with Crippen LogP contribution >= 0.6 is 0 Å². The fourth-order valence-corrected chi connectivity index (χ4v) is 1.63. The smallest absolute Gasteiger partial charge is 0.255 e. The van der Waals surface area contributed by atoms with Gasteiger partial charge < -0.3 is 11.1 Å². The van der Waals surface area contributed by atoms with E-state index in [2.05, 4.69) is 5.32 Å². The van der Waals surface area contributed by atoms with Crippen molar-refractivity contribution in [2.45, 2.75) is 26.3 Å². The average molecular weight is 270 g/mol. The van der Waals surface area contributed by atoms with E-state index in [0.29, 0.717) is 6.42 Å². The fraction of sp³-hybridized carbons (Fsp3) is 0.385. The Bertz CT molecular complexity index is 490. The maximum absolute atomic E-state index is 13.4. The maximum atomic E-state index is 13.4. The standard InChI is InChI=1S/C13H16F2N2O2/c1-7(2)6-10(12(16)18)17-13(19)8-4-3-5-9(14)11(8)15/h3-5,7,10H,6H2,1-2H3,(H2,16,18)(H,17,19)/t10-/m1/s1. The van der Waals surface area contributed by atoms with Crippen molar-refractivity contribution >= 4 is 11.8 Å². The number of carbonyl (C=O) groups excluding carboxylic acids is 2. The molecule has 1 aromatic rings. The van der Waals surface area contributed by atoms with Gasteiger partial charge in [0.1, 0.15) is 6.04 Å². The molecular formula is C13H16F2N2O2. The van der Waals surface area contributed by atoms with Crippen LogP contribution in [0.1, 0.15) is 30.6 Å². The van der Waals surface area contributed by atoms with Crippen LogP contribution in [-0.2, 0) is 4.79 Å². The summed E-state index contributed by atoms with van der Waals surface area (Å²) < 4.78 is 26.4. The summed E-state index contributed by atoms with van der Waals surface area (Å²) in [6.07, 6.45) is 0.331. The van der Waals surface area contributed by atoms with Crippen molar-refractivity contribution < 1.29 is 18.4 Å². The van der Waals surface area contributed by atoms with Gasteiger partial charge in [-0.05, 0) is 24.5 Å². The summed E-state index contributed by atoms with van der Waals surface area (Å²) in [4.78, 5) is 23.0. The highest BCUT2D eigenvalue weighted by atomic mass is 19.2. The highest BCUT2D eigenvalue weighted by molar-refractivity contribution is 5.97. The molecule has 6 heteroatoms. The lowest BCUT2D eigenvalue weighted by atomic mass is 10.0. The number of benzene rings is 1. The van der Waals surface area contributed by atoms with Crippen molar-refractivity contribution in [1.82, 2.24) is 5.32 Å². The molecule has 0 bridgehead atoms. The molecule has 0 fully saturated rings. The molecule has 0 radical (unpaired) electrons. The number of carbonyl (C=O) groups is 2. The lowest BCUT2D eigenvalue weighted by Gasteiger charge is -2.17. The van der Waals surface area contributed by atoms with Gasteiger partial charge in [-0.25, -0.2) is 8.78 Å². The van der Waals surface area contributed by atoms with E-state index in [1.54, 1.807) is 0 Å². The minimum Gasteiger partial charge on any atom is -0.368 e. The highest BCUT2D eigenvalue weighted by Crippen LogP contribution is 2.12. The second-order valence-corrected chi connectivity index (χ2v) is 4.66. The molecule has 19 heavy (non-hydrogen) atoms. The molecule has 0 aromatic heterocycles. The summed E-state index contributed by atoms with van der Waals surface area (Å²) in [5, 5.41) is 2.31. The fourth-order valence-electron chi connectivity index (χ4n) is 1.63. The molecular weight excluding hydrogens is 254 g/mol. The van der Waals surface area contributed by atoms with E-state index in [-0.39, 0.29) is 5.92 Å². The first-order valence-electron chi connectivity index (χ1n) is 5.87. The molecule has 0 heterocycles. The molecule has 0 aliphatic rings. The van der Waals surface area contributed by atoms with Gasteiger partial charge in [0.15, 0.2) is 11.6 Å². The van der Waals surface area contributed by atoms with Crippen molar-refractivity contribution in [3.63, 3.8) is 0 Å². The Labute approximate surface area is 110 Å². The van der Waals surface area contributed by atoms with E-state index >= 15 is 0 Å². The van der Waals surface area contributed by atoms with Gasteiger partial charge in [0, 0.05) is 0 Å². The van der Waals surface area contributed by atoms with Crippen molar-refractivity contribution in [3.8, 4) is 0 Å². The molecule has 0 unspecified atom stereocenters. The first kappa shape index (κ1) is 15.1. The van der Waals surface area contributed by atoms with Crippen molar-refractivity contribution in [1.29, 1.82) is 0 Å². The highest BCUT2D eigenvalue weighted by Gasteiger charge is 2.22. The minimum atomic E-state index is -1.24. The van der Waals surface area contributed by atoms with Gasteiger partial charge in [-0.3, -0.25) is 9.59 Å². The summed E-state index contributed by atoms with van der Waals surface area (Å²) >= 11 is 0. The average Bonchev–Trinajstić information content (AvgIpc) is 2.31. The Balaban J connectivity index is 2.88. The molecule has 1 atom stereocenters. The maximum Gasteiger partial charge on any atom is 0.255 e. The molecule has 1 rings (SSSR count). The Morgan fingerprint density at radius 2 is 1.95 bits per heavy atom. The molecule has 0 saturated carbocycles. The number of hydrogen-bond donors (Lipinski definition) is 2. The predicted octanol–water partition coefficient (Wildman–Crippen LogP) is 1.59. The van der Waals surface area contributed by atoms with Crippen LogP contribution in [0.2, 0.25) is 0 Å². The largest absolute Gasteiger partial charge is 0.368 e. The number of amides is 2. The Morgan fingerprint density at radius 3 is 2.47 bits per heavy atom. The van der Waals surface area contributed by atoms with Crippen molar-refractivity contribution in [2.75, 3.05) is 0 Å². The third-order valence-electron chi connectivity index (χ3n) is 2.55. The molecule has 0 aliphatic heterocycles. The first-order valence-corrected chi connectivity index (χ1v) is 5.87. The summed E-state index contributed by atoms with van der Waals surface area (Å²) in [5.41, 5.74) is 4.71. The predicted molar refractivity (Wildman–Crippen MR) is 66.3 cm³/mol. The van der Waals surface area contributed by atoms with Crippen LogP contribution in [0, 0.1) is 17.6 Å². The molecule has 1 aromatic carbocycles. The van der Waals surface area contributed by atoms with Crippen LogP contribution < -0.4 is 11.1 Å². The van der Waals surface area contributed by atoms with Gasteiger partial charge in [-0.15, -0.1) is 0 Å². The molecule has 0 aliphatic carbocycles. The molecule has 2 amide bonds. The number of rotatable bonds is 5. The minimum absolute atomic E-state index is 0.121. The third-order valence-corrected chi connectivity index (χ3v) is 2.55. The molecule has 4 nitrogen and oxygen atoms in total. The van der Waals surface area contributed by atoms with E-state index in [4.69, 9.17) is 5.73 Å². The van der Waals surface area contributed by atoms with Crippen molar-refractivity contribution in [3.05, 3.63) is 35.4 Å². The lowest BCUT2D eigenvalue weighted by molar-refractivity contribution is -0.120. The summed E-state index contributed by atoms with van der Waals surface area (Å²) in [6, 6.07) is 2.36. The molecule has 0 saturated heterocycles. The Morgan fingerprint density at radius 1 is 1.32 bits per heavy atom. The summed E-state index contributed by atoms with van der Waals surface area (Å²) in [7, 11) is 0. The van der Waals surface area contributed by atoms with Crippen LogP contribution in [0.25, 0.3) is 0 Å². The van der Waals surface area contributed by atoms with Gasteiger partial charge in [-0.1, -0.05) is 19.9 Å². The van der Waals surface area contributed by atoms with Gasteiger partial charge in [-0.2, -0.15) is 0 Å². The molecule has 3 N–H and O–H groups in total. The number of primary amides is 1. The van der Waals surface area contributed by atoms with Gasteiger partial charge >= 0.3 is 0 Å². The summed E-state index contributed by atoms with van der Waals surface area (Å²) in [6.45, 7) is 3.70. The Hall–Kier alpha value is -1.98. The quantitative estimate of drug-likeness (QED) is 0.853. The lowest BCUT2D eigenvalue weighted by Crippen LogP contribution is -2.45. The SMILES string of the molecule is CC(C)C[C@@H](NC(=O)c1cccc(F)c1F)C(N)=O. The van der Waals surface area contributed by atoms with E-state index in [0.717, 1.165) is 12.1 Å². The Kier molecular flexibility index (Phi) is 4.97. The zero-order valence-electron chi connectivity index (χ0n) is 10.7. The van der Waals surface area contributed by atoms with Gasteiger partial charge in [0.2, 0.25) is 5.91 Å². The van der Waals surface area contributed by atoms with Crippen LogP contribution in [0.4, 0.5) is 8.78 Å². The van der Waals surface area contributed by atoms with E-state index in [9.17, 15) is 18.4 Å². The normalized spacial score (nSPS) is 12.3. The number of nitrogens with two attached hydrogens (primary N) is 1. The molecule has 0 spiro atoms. The van der Waals surface area contributed by atoms with Crippen LogP contribution in [0.3, 0.4) is 0 Å². The van der Waals surface area contributed by atoms with Crippen LogP contribution in [0.5, 0.6) is 0 Å². The number of nitrogens with one attached hydrogen (secondary N) is 1. The number of halogens is 2. The number of hydrogen-bond acceptors (Lipinski definition) is 2. The second-order valence-electron chi connectivity index (χ2n) is 4.66. The van der Waals surface area contributed by atoms with Crippen LogP contribution in [-0.4, -0.2) is 17.9 Å². The zero-order chi connectivity index (χ0) is 14.6. The van der Waals surface area contributed by atoms with E-state index in [1.165, 1.54) is 6.07 Å². The summed E-state index contributed by atoms with van der Waals surface area (Å²) in [5.74, 6) is -3.81. The van der Waals surface area contributed by atoms with E-state index in [1.807, 2.05) is 13.8 Å². The second kappa shape index (κ2) is 6.26. The van der Waals surface area contributed by atoms with Crippen molar-refractivity contribution in [2.24, 2.45) is 11.7 Å². The first-order chi connectivity index (χ1) is 8.82. The topological polar surface area (TPSA) is 72.2 Å².